The van der Waals surface area contributed by atoms with Crippen molar-refractivity contribution < 1.29 is 4.74 Å². The number of hydrogen-bond donors (Lipinski definition) is 0. The van der Waals surface area contributed by atoms with Gasteiger partial charge in [0.15, 0.2) is 0 Å². The lowest BCUT2D eigenvalue weighted by Crippen LogP contribution is -2.56. The number of methoxy groups -OCH3 is 1. The van der Waals surface area contributed by atoms with Gasteiger partial charge in [0.05, 0.1) is 41.0 Å². The Morgan fingerprint density at radius 1 is 0.939 bits per heavy atom. The zero-order valence-corrected chi connectivity index (χ0v) is 20.5. The summed E-state index contributed by atoms with van der Waals surface area (Å²) in [5.41, 5.74) is 3.92. The van der Waals surface area contributed by atoms with Crippen LogP contribution in [0.3, 0.4) is 0 Å². The summed E-state index contributed by atoms with van der Waals surface area (Å²) in [5.74, 6) is 0. The van der Waals surface area contributed by atoms with Crippen LogP contribution in [0.25, 0.3) is 0 Å². The number of benzene rings is 3. The summed E-state index contributed by atoms with van der Waals surface area (Å²) in [4.78, 5) is 4.77. The first-order valence-corrected chi connectivity index (χ1v) is 11.8. The van der Waals surface area contributed by atoms with Crippen LogP contribution < -0.4 is 4.90 Å². The van der Waals surface area contributed by atoms with Crippen molar-refractivity contribution in [3.05, 3.63) is 98.5 Å². The van der Waals surface area contributed by atoms with E-state index < -0.39 is 0 Å². The molecule has 0 unspecified atom stereocenters. The zero-order chi connectivity index (χ0) is 23.4. The van der Waals surface area contributed by atoms with Crippen molar-refractivity contribution in [1.82, 2.24) is 4.90 Å². The maximum Gasteiger partial charge on any atom is 0.0991 e. The molecule has 0 aliphatic carbocycles. The van der Waals surface area contributed by atoms with E-state index in [9.17, 15) is 0 Å². The van der Waals surface area contributed by atoms with Gasteiger partial charge in [-0.3, -0.25) is 4.90 Å². The van der Waals surface area contributed by atoms with Crippen LogP contribution in [0.4, 0.5) is 5.69 Å². The number of nitriles is 1. The zero-order valence-electron chi connectivity index (χ0n) is 18.2. The number of halogens is 3. The van der Waals surface area contributed by atoms with Crippen LogP contribution in [0, 0.1) is 11.3 Å². The Hall–Kier alpha value is -2.26. The standard InChI is InChI=1S/C26H24Cl3N3O/c1-33-17-23-15-32(25-11-10-22(28)12-24(25)29)26(20-6-8-21(27)9-7-20)16-31(23)14-19-4-2-18(13-30)3-5-19/h2-12,23,26H,14-17H2,1H3/t23-,26-/m1/s1. The molecular weight excluding hydrogens is 477 g/mol. The normalized spacial score (nSPS) is 18.8. The third kappa shape index (κ3) is 5.63. The first-order valence-electron chi connectivity index (χ1n) is 10.7. The number of anilines is 1. The number of piperazine rings is 1. The Morgan fingerprint density at radius 2 is 1.64 bits per heavy atom. The van der Waals surface area contributed by atoms with E-state index in [2.05, 4.69) is 28.0 Å². The number of rotatable bonds is 6. The third-order valence-electron chi connectivity index (χ3n) is 6.01. The molecule has 7 heteroatoms. The molecule has 0 amide bonds. The molecule has 0 spiro atoms. The average Bonchev–Trinajstić information content (AvgIpc) is 2.81. The molecule has 0 N–H and O–H groups in total. The fourth-order valence-electron chi connectivity index (χ4n) is 4.35. The molecule has 4 nitrogen and oxygen atoms in total. The molecule has 0 saturated carbocycles. The molecule has 1 saturated heterocycles. The van der Waals surface area contributed by atoms with Gasteiger partial charge >= 0.3 is 0 Å². The Labute approximate surface area is 209 Å². The molecule has 1 fully saturated rings. The van der Waals surface area contributed by atoms with Gasteiger partial charge in [-0.05, 0) is 53.6 Å². The van der Waals surface area contributed by atoms with E-state index in [0.29, 0.717) is 27.2 Å². The Bertz CT molecular complexity index is 1130. The van der Waals surface area contributed by atoms with Crippen LogP contribution in [0.1, 0.15) is 22.7 Å². The molecule has 3 aromatic carbocycles. The van der Waals surface area contributed by atoms with Crippen molar-refractivity contribution in [2.75, 3.05) is 31.7 Å². The van der Waals surface area contributed by atoms with Gasteiger partial charge in [0.1, 0.15) is 0 Å². The summed E-state index contributed by atoms with van der Waals surface area (Å²) >= 11 is 19.0. The van der Waals surface area contributed by atoms with Gasteiger partial charge in [0.2, 0.25) is 0 Å². The van der Waals surface area contributed by atoms with E-state index in [1.54, 1.807) is 13.2 Å². The minimum atomic E-state index is 0.0624. The molecule has 1 aliphatic heterocycles. The smallest absolute Gasteiger partial charge is 0.0991 e. The van der Waals surface area contributed by atoms with Crippen LogP contribution in [0.15, 0.2) is 66.7 Å². The lowest BCUT2D eigenvalue weighted by molar-refractivity contribution is 0.0644. The minimum Gasteiger partial charge on any atom is -0.383 e. The largest absolute Gasteiger partial charge is 0.383 e. The summed E-state index contributed by atoms with van der Waals surface area (Å²) < 4.78 is 5.59. The molecule has 2 atom stereocenters. The predicted octanol–water partition coefficient (Wildman–Crippen LogP) is 6.60. The van der Waals surface area contributed by atoms with Crippen molar-refractivity contribution >= 4 is 40.5 Å². The molecule has 170 valence electrons. The first-order chi connectivity index (χ1) is 16.0. The van der Waals surface area contributed by atoms with Crippen molar-refractivity contribution in [3.63, 3.8) is 0 Å². The maximum absolute atomic E-state index is 9.11. The highest BCUT2D eigenvalue weighted by atomic mass is 35.5. The lowest BCUT2D eigenvalue weighted by Gasteiger charge is -2.48. The van der Waals surface area contributed by atoms with Crippen LogP contribution in [0.5, 0.6) is 0 Å². The summed E-state index contributed by atoms with van der Waals surface area (Å²) in [6.07, 6.45) is 0. The quantitative estimate of drug-likeness (QED) is 0.382. The Balaban J connectivity index is 1.69. The second-order valence-corrected chi connectivity index (χ2v) is 9.44. The van der Waals surface area contributed by atoms with E-state index in [0.717, 1.165) is 36.4 Å². The molecule has 3 aromatic rings. The predicted molar refractivity (Wildman–Crippen MR) is 135 cm³/mol. The second kappa shape index (κ2) is 10.8. The second-order valence-electron chi connectivity index (χ2n) is 8.16. The molecule has 0 bridgehead atoms. The van der Waals surface area contributed by atoms with Gasteiger partial charge < -0.3 is 9.64 Å². The SMILES string of the molecule is COC[C@H]1CN(c2ccc(Cl)cc2Cl)[C@@H](c2ccc(Cl)cc2)CN1Cc1ccc(C#N)cc1. The van der Waals surface area contributed by atoms with Crippen molar-refractivity contribution in [2.45, 2.75) is 18.6 Å². The summed E-state index contributed by atoms with van der Waals surface area (Å²) in [6.45, 7) is 2.85. The molecular formula is C26H24Cl3N3O. The molecule has 4 rings (SSSR count). The van der Waals surface area contributed by atoms with Gasteiger partial charge in [0.25, 0.3) is 0 Å². The van der Waals surface area contributed by atoms with E-state index in [1.165, 1.54) is 0 Å². The fourth-order valence-corrected chi connectivity index (χ4v) is 5.00. The number of nitrogens with zero attached hydrogens (tertiary/aromatic N) is 3. The van der Waals surface area contributed by atoms with Crippen molar-refractivity contribution in [2.24, 2.45) is 0 Å². The first kappa shape index (κ1) is 23.9. The van der Waals surface area contributed by atoms with E-state index in [-0.39, 0.29) is 12.1 Å². The highest BCUT2D eigenvalue weighted by Gasteiger charge is 2.35. The van der Waals surface area contributed by atoms with Gasteiger partial charge in [0, 0.05) is 36.8 Å². The highest BCUT2D eigenvalue weighted by molar-refractivity contribution is 6.36. The topological polar surface area (TPSA) is 39.5 Å². The van der Waals surface area contributed by atoms with Gasteiger partial charge in [-0.15, -0.1) is 0 Å². The molecule has 1 heterocycles. The van der Waals surface area contributed by atoms with Crippen molar-refractivity contribution in [3.8, 4) is 6.07 Å². The molecule has 1 aliphatic rings. The number of ether oxygens (including phenoxy) is 1. The Morgan fingerprint density at radius 3 is 2.27 bits per heavy atom. The van der Waals surface area contributed by atoms with E-state index in [4.69, 9.17) is 44.8 Å². The van der Waals surface area contributed by atoms with E-state index >= 15 is 0 Å². The fraction of sp³-hybridized carbons (Fsp3) is 0.269. The average molecular weight is 501 g/mol. The van der Waals surface area contributed by atoms with Crippen molar-refractivity contribution in [1.29, 1.82) is 5.26 Å². The molecule has 0 aromatic heterocycles. The summed E-state index contributed by atoms with van der Waals surface area (Å²) in [6, 6.07) is 23.8. The Kier molecular flexibility index (Phi) is 7.80. The minimum absolute atomic E-state index is 0.0624. The van der Waals surface area contributed by atoms with Crippen LogP contribution >= 0.6 is 34.8 Å². The summed E-state index contributed by atoms with van der Waals surface area (Å²) in [7, 11) is 1.73. The monoisotopic (exact) mass is 499 g/mol. The van der Waals surface area contributed by atoms with E-state index in [1.807, 2.05) is 48.5 Å². The van der Waals surface area contributed by atoms with Gasteiger partial charge in [-0.25, -0.2) is 0 Å². The van der Waals surface area contributed by atoms with Crippen LogP contribution in [0.2, 0.25) is 15.1 Å². The summed E-state index contributed by atoms with van der Waals surface area (Å²) in [5, 5.41) is 11.0. The van der Waals surface area contributed by atoms with Gasteiger partial charge in [-0.2, -0.15) is 5.26 Å². The lowest BCUT2D eigenvalue weighted by atomic mass is 9.97. The maximum atomic E-state index is 9.11. The molecule has 0 radical (unpaired) electrons. The number of hydrogen-bond acceptors (Lipinski definition) is 4. The highest BCUT2D eigenvalue weighted by Crippen LogP contribution is 2.38. The van der Waals surface area contributed by atoms with Crippen LogP contribution in [-0.2, 0) is 11.3 Å². The van der Waals surface area contributed by atoms with Crippen LogP contribution in [-0.4, -0.2) is 37.7 Å². The van der Waals surface area contributed by atoms with Gasteiger partial charge in [-0.1, -0.05) is 59.1 Å². The molecule has 33 heavy (non-hydrogen) atoms. The third-order valence-corrected chi connectivity index (χ3v) is 6.80.